The van der Waals surface area contributed by atoms with Crippen LogP contribution in [0.4, 0.5) is 5.69 Å². The van der Waals surface area contributed by atoms with Crippen LogP contribution in [0, 0.1) is 0 Å². The van der Waals surface area contributed by atoms with Gasteiger partial charge in [0.1, 0.15) is 10.9 Å². The first-order chi connectivity index (χ1) is 14.2. The quantitative estimate of drug-likeness (QED) is 0.470. The van der Waals surface area contributed by atoms with Crippen LogP contribution in [0.3, 0.4) is 0 Å². The summed E-state index contributed by atoms with van der Waals surface area (Å²) < 4.78 is 11.3. The highest BCUT2D eigenvalue weighted by Crippen LogP contribution is 2.20. The summed E-state index contributed by atoms with van der Waals surface area (Å²) in [5, 5.41) is 11.1. The molecule has 0 atom stereocenters. The molecule has 2 aromatic carbocycles. The van der Waals surface area contributed by atoms with Crippen LogP contribution in [-0.2, 0) is 6.61 Å². The zero-order chi connectivity index (χ0) is 20.1. The van der Waals surface area contributed by atoms with E-state index >= 15 is 0 Å². The first-order valence-electron chi connectivity index (χ1n) is 8.71. The molecule has 1 amide bonds. The monoisotopic (exact) mass is 406 g/mol. The van der Waals surface area contributed by atoms with Gasteiger partial charge in [0.15, 0.2) is 6.61 Å². The molecule has 0 aliphatic heterocycles. The van der Waals surface area contributed by atoms with Gasteiger partial charge < -0.3 is 14.5 Å². The molecule has 0 spiro atoms. The summed E-state index contributed by atoms with van der Waals surface area (Å²) in [7, 11) is 0. The average Bonchev–Trinajstić information content (AvgIpc) is 3.23. The third-order valence-corrected chi connectivity index (χ3v) is 4.16. The number of hydrogen-bond acceptors (Lipinski definition) is 6. The van der Waals surface area contributed by atoms with E-state index in [-0.39, 0.29) is 17.7 Å². The van der Waals surface area contributed by atoms with Gasteiger partial charge in [-0.25, -0.2) is 4.98 Å². The first-order valence-corrected chi connectivity index (χ1v) is 9.09. The number of ether oxygens (including phenoxy) is 1. The van der Waals surface area contributed by atoms with Gasteiger partial charge in [0.25, 0.3) is 11.8 Å². The minimum atomic E-state index is -0.276. The van der Waals surface area contributed by atoms with Crippen molar-refractivity contribution in [3.63, 3.8) is 0 Å². The molecule has 8 heteroatoms. The van der Waals surface area contributed by atoms with E-state index in [9.17, 15) is 4.79 Å². The lowest BCUT2D eigenvalue weighted by atomic mass is 10.2. The number of aromatic nitrogens is 3. The highest BCUT2D eigenvalue weighted by Gasteiger charge is 2.10. The molecule has 2 aromatic heterocycles. The van der Waals surface area contributed by atoms with Crippen LogP contribution in [0.5, 0.6) is 5.75 Å². The van der Waals surface area contributed by atoms with Crippen molar-refractivity contribution in [3.8, 4) is 17.2 Å². The smallest absolute Gasteiger partial charge is 0.255 e. The Kier molecular flexibility index (Phi) is 5.49. The van der Waals surface area contributed by atoms with Gasteiger partial charge >= 0.3 is 0 Å². The molecule has 2 heterocycles. The van der Waals surface area contributed by atoms with Crippen LogP contribution in [0.2, 0.25) is 5.15 Å². The van der Waals surface area contributed by atoms with Crippen LogP contribution in [0.15, 0.2) is 77.3 Å². The van der Waals surface area contributed by atoms with Gasteiger partial charge in [0, 0.05) is 23.0 Å². The van der Waals surface area contributed by atoms with E-state index < -0.39 is 0 Å². The van der Waals surface area contributed by atoms with Gasteiger partial charge in [-0.2, -0.15) is 0 Å². The van der Waals surface area contributed by atoms with Crippen LogP contribution >= 0.6 is 11.6 Å². The number of hydrogen-bond donors (Lipinski definition) is 1. The molecule has 0 saturated heterocycles. The second-order valence-corrected chi connectivity index (χ2v) is 6.39. The van der Waals surface area contributed by atoms with Gasteiger partial charge in [-0.05, 0) is 48.5 Å². The van der Waals surface area contributed by atoms with Crippen LogP contribution in [-0.4, -0.2) is 21.1 Å². The zero-order valence-electron chi connectivity index (χ0n) is 15.1. The number of amides is 1. The molecule has 0 fully saturated rings. The second kappa shape index (κ2) is 8.53. The SMILES string of the molecule is O=C(Nc1ccc(OCc2nnc(-c3ccccc3)o2)cc1)c1ccnc(Cl)c1. The number of halogens is 1. The molecule has 1 N–H and O–H groups in total. The van der Waals surface area contributed by atoms with Crippen molar-refractivity contribution in [2.24, 2.45) is 0 Å². The Morgan fingerprint density at radius 3 is 2.59 bits per heavy atom. The fourth-order valence-corrected chi connectivity index (χ4v) is 2.71. The third-order valence-electron chi connectivity index (χ3n) is 3.95. The van der Waals surface area contributed by atoms with Gasteiger partial charge in [-0.3, -0.25) is 4.79 Å². The summed E-state index contributed by atoms with van der Waals surface area (Å²) >= 11 is 5.81. The molecule has 0 radical (unpaired) electrons. The van der Waals surface area contributed by atoms with Crippen LogP contribution in [0.1, 0.15) is 16.2 Å². The highest BCUT2D eigenvalue weighted by molar-refractivity contribution is 6.29. The number of rotatable bonds is 6. The van der Waals surface area contributed by atoms with Gasteiger partial charge in [-0.15, -0.1) is 10.2 Å². The first kappa shape index (κ1) is 18.6. The number of carbonyl (C=O) groups excluding carboxylic acids is 1. The molecule has 4 aromatic rings. The molecule has 144 valence electrons. The van der Waals surface area contributed by atoms with E-state index in [1.165, 1.54) is 12.3 Å². The maximum Gasteiger partial charge on any atom is 0.255 e. The topological polar surface area (TPSA) is 90.1 Å². The molecule has 4 rings (SSSR count). The Morgan fingerprint density at radius 2 is 1.83 bits per heavy atom. The van der Waals surface area contributed by atoms with E-state index in [1.54, 1.807) is 30.3 Å². The summed E-state index contributed by atoms with van der Waals surface area (Å²) in [6, 6.07) is 19.6. The summed E-state index contributed by atoms with van der Waals surface area (Å²) in [5.41, 5.74) is 1.90. The molecule has 7 nitrogen and oxygen atoms in total. The molecule has 0 bridgehead atoms. The van der Waals surface area contributed by atoms with Crippen molar-refractivity contribution in [3.05, 3.63) is 89.5 Å². The standard InChI is InChI=1S/C21H15ClN4O3/c22-18-12-15(10-11-23-18)20(27)24-16-6-8-17(9-7-16)28-13-19-25-26-21(29-19)14-4-2-1-3-5-14/h1-12H,13H2,(H,24,27). The van der Waals surface area contributed by atoms with Crippen molar-refractivity contribution < 1.29 is 13.9 Å². The molecule has 0 saturated carbocycles. The highest BCUT2D eigenvalue weighted by atomic mass is 35.5. The van der Waals surface area contributed by atoms with E-state index in [2.05, 4.69) is 20.5 Å². The summed E-state index contributed by atoms with van der Waals surface area (Å²) in [6.45, 7) is 0.140. The number of nitrogens with one attached hydrogen (secondary N) is 1. The molecule has 0 unspecified atom stereocenters. The fourth-order valence-electron chi connectivity index (χ4n) is 2.54. The molecular formula is C21H15ClN4O3. The predicted octanol–water partition coefficient (Wildman–Crippen LogP) is 4.62. The van der Waals surface area contributed by atoms with E-state index in [0.717, 1.165) is 5.56 Å². The third kappa shape index (κ3) is 4.77. The van der Waals surface area contributed by atoms with E-state index in [4.69, 9.17) is 20.8 Å². The minimum absolute atomic E-state index is 0.140. The summed E-state index contributed by atoms with van der Waals surface area (Å²) in [5.74, 6) is 1.14. The number of carbonyl (C=O) groups is 1. The minimum Gasteiger partial charge on any atom is -0.484 e. The Bertz CT molecular complexity index is 1110. The predicted molar refractivity (Wildman–Crippen MR) is 108 cm³/mol. The maximum absolute atomic E-state index is 12.2. The Morgan fingerprint density at radius 1 is 1.03 bits per heavy atom. The maximum atomic E-state index is 12.2. The number of benzene rings is 2. The number of anilines is 1. The normalized spacial score (nSPS) is 10.5. The van der Waals surface area contributed by atoms with Crippen molar-refractivity contribution in [1.29, 1.82) is 0 Å². The van der Waals surface area contributed by atoms with E-state index in [0.29, 0.717) is 28.8 Å². The van der Waals surface area contributed by atoms with Crippen molar-refractivity contribution >= 4 is 23.2 Å². The number of nitrogens with zero attached hydrogens (tertiary/aromatic N) is 3. The summed E-state index contributed by atoms with van der Waals surface area (Å²) in [4.78, 5) is 16.1. The molecular weight excluding hydrogens is 392 g/mol. The van der Waals surface area contributed by atoms with Crippen LogP contribution < -0.4 is 10.1 Å². The molecule has 29 heavy (non-hydrogen) atoms. The van der Waals surface area contributed by atoms with Crippen molar-refractivity contribution in [2.75, 3.05) is 5.32 Å². The largest absolute Gasteiger partial charge is 0.484 e. The average molecular weight is 407 g/mol. The lowest BCUT2D eigenvalue weighted by molar-refractivity contribution is 0.102. The molecule has 0 aliphatic rings. The van der Waals surface area contributed by atoms with E-state index in [1.807, 2.05) is 30.3 Å². The fraction of sp³-hybridized carbons (Fsp3) is 0.0476. The van der Waals surface area contributed by atoms with Crippen molar-refractivity contribution in [2.45, 2.75) is 6.61 Å². The van der Waals surface area contributed by atoms with Gasteiger partial charge in [0.05, 0.1) is 0 Å². The lowest BCUT2D eigenvalue weighted by Gasteiger charge is -2.07. The Labute approximate surface area is 171 Å². The summed E-state index contributed by atoms with van der Waals surface area (Å²) in [6.07, 6.45) is 1.48. The van der Waals surface area contributed by atoms with Gasteiger partial charge in [-0.1, -0.05) is 29.8 Å². The van der Waals surface area contributed by atoms with Crippen LogP contribution in [0.25, 0.3) is 11.5 Å². The zero-order valence-corrected chi connectivity index (χ0v) is 15.8. The Hall–Kier alpha value is -3.71. The Balaban J connectivity index is 1.34. The van der Waals surface area contributed by atoms with Gasteiger partial charge in [0.2, 0.25) is 5.89 Å². The lowest BCUT2D eigenvalue weighted by Crippen LogP contribution is -2.11. The number of pyridine rings is 1. The molecule has 0 aliphatic carbocycles. The van der Waals surface area contributed by atoms with Crippen molar-refractivity contribution in [1.82, 2.24) is 15.2 Å². The second-order valence-electron chi connectivity index (χ2n) is 6.00.